The van der Waals surface area contributed by atoms with Gasteiger partial charge >= 0.3 is 5.97 Å². The fourth-order valence-corrected chi connectivity index (χ4v) is 4.16. The maximum atomic E-state index is 13.3. The molecule has 0 saturated heterocycles. The lowest BCUT2D eigenvalue weighted by Gasteiger charge is -2.27. The van der Waals surface area contributed by atoms with E-state index in [1.807, 2.05) is 0 Å². The number of carbonyl (C=O) groups is 2. The van der Waals surface area contributed by atoms with Gasteiger partial charge in [0.15, 0.2) is 0 Å². The number of carboxylic acids is 1. The van der Waals surface area contributed by atoms with Crippen LogP contribution in [0, 0.1) is 5.82 Å². The molecule has 188 valence electrons. The minimum atomic E-state index is -2.87. The number of hydrogen-bond donors (Lipinski definition) is 4. The predicted octanol–water partition coefficient (Wildman–Crippen LogP) is 4.79. The molecular formula is C26H18FN2O7S-. The first-order valence-electron chi connectivity index (χ1n) is 10.6. The lowest BCUT2D eigenvalue weighted by molar-refractivity contribution is 0.0693. The van der Waals surface area contributed by atoms with E-state index in [9.17, 15) is 33.0 Å². The molecule has 0 heterocycles. The van der Waals surface area contributed by atoms with E-state index in [2.05, 4.69) is 5.32 Å². The van der Waals surface area contributed by atoms with Gasteiger partial charge in [0.1, 0.15) is 22.9 Å². The Hall–Kier alpha value is -4.74. The number of amides is 1. The fraction of sp³-hybridized carbons (Fsp3) is 0. The average molecular weight is 522 g/mol. The van der Waals surface area contributed by atoms with Crippen molar-refractivity contribution in [3.63, 3.8) is 0 Å². The molecule has 0 aromatic heterocycles. The summed E-state index contributed by atoms with van der Waals surface area (Å²) in [4.78, 5) is 23.9. The molecule has 4 N–H and O–H groups in total. The van der Waals surface area contributed by atoms with Crippen molar-refractivity contribution >= 4 is 40.2 Å². The number of phenolic OH excluding ortho intramolecular Hbond substituents is 1. The molecule has 0 radical (unpaired) electrons. The molecule has 37 heavy (non-hydrogen) atoms. The van der Waals surface area contributed by atoms with Crippen molar-refractivity contribution < 1.29 is 38.1 Å². The van der Waals surface area contributed by atoms with Gasteiger partial charge in [-0.25, -0.2) is 9.18 Å². The van der Waals surface area contributed by atoms with E-state index in [0.717, 1.165) is 16.4 Å². The number of phenols is 2. The van der Waals surface area contributed by atoms with E-state index in [4.69, 9.17) is 5.11 Å². The van der Waals surface area contributed by atoms with Gasteiger partial charge in [0.05, 0.1) is 22.6 Å². The van der Waals surface area contributed by atoms with Crippen LogP contribution < -0.4 is 9.62 Å². The topological polar surface area (TPSA) is 150 Å². The first-order valence-corrected chi connectivity index (χ1v) is 11.6. The van der Waals surface area contributed by atoms with Crippen LogP contribution in [-0.2, 0) is 11.3 Å². The molecule has 0 aliphatic carbocycles. The fourth-order valence-electron chi connectivity index (χ4n) is 3.56. The van der Waals surface area contributed by atoms with E-state index in [1.165, 1.54) is 60.7 Å². The van der Waals surface area contributed by atoms with Crippen molar-refractivity contribution in [2.24, 2.45) is 0 Å². The highest BCUT2D eigenvalue weighted by Crippen LogP contribution is 2.36. The molecule has 9 nitrogen and oxygen atoms in total. The SMILES string of the molecule is O=C(Nc1ccc(O)c(N(c2ccc(F)cc2)S(=O)[O-])c1)c1ccc(-c2ccc(C(=O)O)c(O)c2)cc1. The molecule has 1 amide bonds. The summed E-state index contributed by atoms with van der Waals surface area (Å²) in [6.45, 7) is 0. The largest absolute Gasteiger partial charge is 0.755 e. The zero-order chi connectivity index (χ0) is 26.7. The third-order valence-corrected chi connectivity index (χ3v) is 6.08. The Balaban J connectivity index is 1.56. The Morgan fingerprint density at radius 2 is 1.49 bits per heavy atom. The van der Waals surface area contributed by atoms with Gasteiger partial charge in [-0.15, -0.1) is 0 Å². The van der Waals surface area contributed by atoms with E-state index < -0.39 is 29.0 Å². The molecular weight excluding hydrogens is 503 g/mol. The highest BCUT2D eigenvalue weighted by atomic mass is 32.2. The number of aromatic carboxylic acids is 1. The summed E-state index contributed by atoms with van der Waals surface area (Å²) in [5.74, 6) is -3.11. The van der Waals surface area contributed by atoms with Gasteiger partial charge < -0.3 is 25.2 Å². The number of carbonyl (C=O) groups excluding carboxylic acids is 1. The molecule has 0 aliphatic heterocycles. The maximum Gasteiger partial charge on any atom is 0.339 e. The van der Waals surface area contributed by atoms with Crippen LogP contribution >= 0.6 is 0 Å². The van der Waals surface area contributed by atoms with Gasteiger partial charge in [-0.05, 0) is 77.9 Å². The van der Waals surface area contributed by atoms with Gasteiger partial charge in [-0.3, -0.25) is 13.3 Å². The Morgan fingerprint density at radius 1 is 0.838 bits per heavy atom. The van der Waals surface area contributed by atoms with Gasteiger partial charge in [0.2, 0.25) is 0 Å². The van der Waals surface area contributed by atoms with Crippen LogP contribution in [-0.4, -0.2) is 36.0 Å². The van der Waals surface area contributed by atoms with Crippen molar-refractivity contribution in [1.82, 2.24) is 0 Å². The van der Waals surface area contributed by atoms with Crippen molar-refractivity contribution in [3.05, 3.63) is 102 Å². The second kappa shape index (κ2) is 10.5. The number of nitrogens with one attached hydrogen (secondary N) is 1. The quantitative estimate of drug-likeness (QED) is 0.202. The minimum absolute atomic E-state index is 0.0755. The smallest absolute Gasteiger partial charge is 0.339 e. The van der Waals surface area contributed by atoms with Gasteiger partial charge in [0, 0.05) is 11.3 Å². The predicted molar refractivity (Wildman–Crippen MR) is 134 cm³/mol. The highest BCUT2D eigenvalue weighted by molar-refractivity contribution is 7.81. The number of halogens is 1. The summed E-state index contributed by atoms with van der Waals surface area (Å²) >= 11 is -2.87. The highest BCUT2D eigenvalue weighted by Gasteiger charge is 2.17. The van der Waals surface area contributed by atoms with Gasteiger partial charge in [-0.1, -0.05) is 18.2 Å². The van der Waals surface area contributed by atoms with E-state index >= 15 is 0 Å². The van der Waals surface area contributed by atoms with Gasteiger partial charge in [-0.2, -0.15) is 0 Å². The van der Waals surface area contributed by atoms with Crippen LogP contribution in [0.25, 0.3) is 11.1 Å². The van der Waals surface area contributed by atoms with Crippen LogP contribution in [0.1, 0.15) is 20.7 Å². The Labute approximate surface area is 212 Å². The Morgan fingerprint density at radius 3 is 2.08 bits per heavy atom. The first kappa shape index (κ1) is 25.4. The van der Waals surface area contributed by atoms with Crippen LogP contribution in [0.4, 0.5) is 21.5 Å². The molecule has 0 bridgehead atoms. The molecule has 1 atom stereocenters. The standard InChI is InChI=1S/C26H19FN2O7S/c27-18-6-9-20(10-7-18)29(37(35)36)22-14-19(8-12-23(22)30)28-25(32)16-3-1-15(2-4-16)17-5-11-21(26(33)34)24(31)13-17/h1-14,30-31H,(H,28,32)(H,33,34)(H,35,36)/p-1. The molecule has 4 aromatic carbocycles. The van der Waals surface area contributed by atoms with Gasteiger partial charge in [0.25, 0.3) is 5.91 Å². The summed E-state index contributed by atoms with van der Waals surface area (Å²) in [6.07, 6.45) is 0. The number of carboxylic acid groups (broad SMARTS) is 1. The van der Waals surface area contributed by atoms with Crippen molar-refractivity contribution in [1.29, 1.82) is 0 Å². The van der Waals surface area contributed by atoms with E-state index in [1.54, 1.807) is 12.1 Å². The molecule has 4 aromatic rings. The maximum absolute atomic E-state index is 13.3. The molecule has 0 saturated carbocycles. The Bertz CT molecular complexity index is 1510. The lowest BCUT2D eigenvalue weighted by Crippen LogP contribution is -2.20. The van der Waals surface area contributed by atoms with Crippen molar-refractivity contribution in [2.45, 2.75) is 0 Å². The zero-order valence-electron chi connectivity index (χ0n) is 18.8. The Kier molecular flexibility index (Phi) is 7.18. The van der Waals surface area contributed by atoms with E-state index in [-0.39, 0.29) is 39.7 Å². The third kappa shape index (κ3) is 5.58. The number of nitrogens with zero attached hydrogens (tertiary/aromatic N) is 1. The second-order valence-electron chi connectivity index (χ2n) is 7.76. The molecule has 11 heteroatoms. The number of anilines is 3. The van der Waals surface area contributed by atoms with Crippen LogP contribution in [0.15, 0.2) is 84.9 Å². The first-order chi connectivity index (χ1) is 17.6. The normalized spacial score (nSPS) is 11.5. The van der Waals surface area contributed by atoms with Crippen LogP contribution in [0.5, 0.6) is 11.5 Å². The number of benzene rings is 4. The molecule has 4 rings (SSSR count). The van der Waals surface area contributed by atoms with E-state index in [0.29, 0.717) is 11.1 Å². The number of hydrogen-bond acceptors (Lipinski definition) is 6. The lowest BCUT2D eigenvalue weighted by atomic mass is 10.0. The molecule has 0 aliphatic rings. The summed E-state index contributed by atoms with van der Waals surface area (Å²) in [6, 6.07) is 18.8. The number of rotatable bonds is 7. The summed E-state index contributed by atoms with van der Waals surface area (Å²) in [7, 11) is 0. The summed E-state index contributed by atoms with van der Waals surface area (Å²) in [5, 5.41) is 31.8. The summed E-state index contributed by atoms with van der Waals surface area (Å²) < 4.78 is 37.8. The number of aromatic hydroxyl groups is 2. The van der Waals surface area contributed by atoms with Crippen molar-refractivity contribution in [2.75, 3.05) is 9.62 Å². The monoisotopic (exact) mass is 521 g/mol. The summed E-state index contributed by atoms with van der Waals surface area (Å²) in [5.41, 5.74) is 1.31. The van der Waals surface area contributed by atoms with Crippen LogP contribution in [0.2, 0.25) is 0 Å². The average Bonchev–Trinajstić information content (AvgIpc) is 2.87. The molecule has 0 fully saturated rings. The minimum Gasteiger partial charge on any atom is -0.755 e. The van der Waals surface area contributed by atoms with Crippen LogP contribution in [0.3, 0.4) is 0 Å². The zero-order valence-corrected chi connectivity index (χ0v) is 19.6. The van der Waals surface area contributed by atoms with Crippen molar-refractivity contribution in [3.8, 4) is 22.6 Å². The second-order valence-corrected chi connectivity index (χ2v) is 8.56. The molecule has 1 unspecified atom stereocenters. The third-order valence-electron chi connectivity index (χ3n) is 5.37. The molecule has 0 spiro atoms.